The van der Waals surface area contributed by atoms with Crippen molar-refractivity contribution in [1.29, 1.82) is 0 Å². The molecule has 0 fully saturated rings. The molecule has 1 atom stereocenters. The molecule has 0 aromatic heterocycles. The number of carbonyl (C=O) groups is 3. The van der Waals surface area contributed by atoms with Crippen molar-refractivity contribution in [3.63, 3.8) is 0 Å². The molecule has 0 aliphatic heterocycles. The Morgan fingerprint density at radius 3 is 0.678 bits per heavy atom. The van der Waals surface area contributed by atoms with Crippen molar-refractivity contribution < 1.29 is 28.6 Å². The van der Waals surface area contributed by atoms with E-state index in [4.69, 9.17) is 14.2 Å². The molecule has 0 bridgehead atoms. The van der Waals surface area contributed by atoms with Crippen LogP contribution in [0.3, 0.4) is 0 Å². The van der Waals surface area contributed by atoms with E-state index in [9.17, 15) is 14.4 Å². The SMILES string of the molecule is CCCCCCCCCCCCCCCCCCCCCC(=O)O[C@@H](COC(=O)CCCCCCCCCCC)COC(=O)CCCCCCCCCCCCCCC. The van der Waals surface area contributed by atoms with Crippen molar-refractivity contribution in [3.8, 4) is 0 Å². The molecule has 6 nitrogen and oxygen atoms in total. The van der Waals surface area contributed by atoms with Gasteiger partial charge in [-0.2, -0.15) is 0 Å². The summed E-state index contributed by atoms with van der Waals surface area (Å²) in [4.78, 5) is 37.9. The Kier molecular flexibility index (Phi) is 47.7. The molecule has 350 valence electrons. The standard InChI is InChI=1S/C53H102O6/c1-4-7-10-13-16-19-21-23-24-25-26-27-28-30-32-35-38-41-44-47-53(56)59-50(48-57-51(54)45-42-39-36-33-18-15-12-9-6-3)49-58-52(55)46-43-40-37-34-31-29-22-20-17-14-11-8-5-2/h50H,4-49H2,1-3H3/t50-/m0/s1. The first-order valence-corrected chi connectivity index (χ1v) is 26.5. The lowest BCUT2D eigenvalue weighted by molar-refractivity contribution is -0.167. The fraction of sp³-hybridized carbons (Fsp3) is 0.943. The number of carbonyl (C=O) groups excluding carboxylic acids is 3. The van der Waals surface area contributed by atoms with Crippen molar-refractivity contribution >= 4 is 17.9 Å². The molecule has 0 unspecified atom stereocenters. The lowest BCUT2D eigenvalue weighted by atomic mass is 10.0. The topological polar surface area (TPSA) is 78.9 Å². The molecule has 0 aliphatic carbocycles. The number of hydrogen-bond donors (Lipinski definition) is 0. The van der Waals surface area contributed by atoms with Gasteiger partial charge in [-0.15, -0.1) is 0 Å². The van der Waals surface area contributed by atoms with Crippen LogP contribution in [0.4, 0.5) is 0 Å². The van der Waals surface area contributed by atoms with Gasteiger partial charge in [0, 0.05) is 19.3 Å². The molecule has 0 N–H and O–H groups in total. The van der Waals surface area contributed by atoms with Crippen LogP contribution in [-0.2, 0) is 28.6 Å². The molecule has 0 saturated heterocycles. The zero-order valence-electron chi connectivity index (χ0n) is 40.1. The van der Waals surface area contributed by atoms with Crippen LogP contribution in [0, 0.1) is 0 Å². The third-order valence-corrected chi connectivity index (χ3v) is 12.1. The molecule has 0 radical (unpaired) electrons. The maximum atomic E-state index is 12.8. The first-order chi connectivity index (χ1) is 29.0. The Labute approximate surface area is 368 Å². The number of ether oxygens (including phenoxy) is 3. The molecule has 0 saturated carbocycles. The van der Waals surface area contributed by atoms with Crippen molar-refractivity contribution in [1.82, 2.24) is 0 Å². The van der Waals surface area contributed by atoms with Crippen molar-refractivity contribution in [3.05, 3.63) is 0 Å². The van der Waals surface area contributed by atoms with E-state index in [2.05, 4.69) is 20.8 Å². The van der Waals surface area contributed by atoms with Gasteiger partial charge in [-0.3, -0.25) is 14.4 Å². The number of esters is 3. The van der Waals surface area contributed by atoms with Crippen LogP contribution in [0.2, 0.25) is 0 Å². The minimum Gasteiger partial charge on any atom is -0.462 e. The van der Waals surface area contributed by atoms with E-state index in [1.54, 1.807) is 0 Å². The molecule has 59 heavy (non-hydrogen) atoms. The van der Waals surface area contributed by atoms with Gasteiger partial charge in [-0.1, -0.05) is 265 Å². The third-order valence-electron chi connectivity index (χ3n) is 12.1. The van der Waals surface area contributed by atoms with Crippen LogP contribution in [0.25, 0.3) is 0 Å². The second kappa shape index (κ2) is 49.1. The van der Waals surface area contributed by atoms with Gasteiger partial charge in [0.2, 0.25) is 0 Å². The highest BCUT2D eigenvalue weighted by molar-refractivity contribution is 5.71. The van der Waals surface area contributed by atoms with Crippen LogP contribution in [-0.4, -0.2) is 37.2 Å². The zero-order chi connectivity index (χ0) is 43.0. The molecule has 0 aliphatic rings. The first kappa shape index (κ1) is 57.4. The maximum absolute atomic E-state index is 12.8. The Morgan fingerprint density at radius 1 is 0.271 bits per heavy atom. The summed E-state index contributed by atoms with van der Waals surface area (Å²) in [6.45, 7) is 6.67. The fourth-order valence-corrected chi connectivity index (χ4v) is 8.09. The fourth-order valence-electron chi connectivity index (χ4n) is 8.09. The summed E-state index contributed by atoms with van der Waals surface area (Å²) in [6.07, 6.45) is 52.4. The van der Waals surface area contributed by atoms with Gasteiger partial charge in [0.25, 0.3) is 0 Å². The first-order valence-electron chi connectivity index (χ1n) is 26.5. The van der Waals surface area contributed by atoms with Gasteiger partial charge in [-0.05, 0) is 19.3 Å². The molecule has 0 aromatic carbocycles. The average Bonchev–Trinajstić information content (AvgIpc) is 3.23. The van der Waals surface area contributed by atoms with Crippen LogP contribution in [0.5, 0.6) is 0 Å². The van der Waals surface area contributed by atoms with E-state index < -0.39 is 6.10 Å². The maximum Gasteiger partial charge on any atom is 0.306 e. The van der Waals surface area contributed by atoms with E-state index >= 15 is 0 Å². The normalized spacial score (nSPS) is 11.8. The summed E-state index contributed by atoms with van der Waals surface area (Å²) in [5.41, 5.74) is 0. The second-order valence-corrected chi connectivity index (χ2v) is 18.2. The number of unbranched alkanes of at least 4 members (excludes halogenated alkanes) is 38. The number of rotatable bonds is 49. The van der Waals surface area contributed by atoms with Crippen molar-refractivity contribution in [2.75, 3.05) is 13.2 Å². The van der Waals surface area contributed by atoms with E-state index in [0.717, 1.165) is 57.8 Å². The van der Waals surface area contributed by atoms with Gasteiger partial charge >= 0.3 is 17.9 Å². The predicted octanol–water partition coefficient (Wildman–Crippen LogP) is 17.2. The zero-order valence-corrected chi connectivity index (χ0v) is 40.1. The summed E-state index contributed by atoms with van der Waals surface area (Å²) in [7, 11) is 0. The molecule has 0 amide bonds. The van der Waals surface area contributed by atoms with Gasteiger partial charge in [0.1, 0.15) is 13.2 Å². The van der Waals surface area contributed by atoms with Crippen LogP contribution < -0.4 is 0 Å². The Balaban J connectivity index is 4.22. The molecule has 0 rings (SSSR count). The van der Waals surface area contributed by atoms with Crippen LogP contribution in [0.15, 0.2) is 0 Å². The second-order valence-electron chi connectivity index (χ2n) is 18.2. The van der Waals surface area contributed by atoms with Crippen LogP contribution >= 0.6 is 0 Å². The smallest absolute Gasteiger partial charge is 0.306 e. The van der Waals surface area contributed by atoms with Gasteiger partial charge in [-0.25, -0.2) is 0 Å². The summed E-state index contributed by atoms with van der Waals surface area (Å²) < 4.78 is 16.8. The Morgan fingerprint density at radius 2 is 0.458 bits per heavy atom. The molecule has 0 heterocycles. The average molecular weight is 835 g/mol. The Bertz CT molecular complexity index is 874. The van der Waals surface area contributed by atoms with E-state index in [1.165, 1.54) is 205 Å². The van der Waals surface area contributed by atoms with E-state index in [0.29, 0.717) is 19.3 Å². The summed E-state index contributed by atoms with van der Waals surface area (Å²) in [6, 6.07) is 0. The minimum atomic E-state index is -0.759. The third kappa shape index (κ3) is 47.3. The lowest BCUT2D eigenvalue weighted by Gasteiger charge is -2.18. The molecular weight excluding hydrogens is 733 g/mol. The predicted molar refractivity (Wildman–Crippen MR) is 252 cm³/mol. The van der Waals surface area contributed by atoms with Gasteiger partial charge in [0.05, 0.1) is 0 Å². The summed E-state index contributed by atoms with van der Waals surface area (Å²) in [5, 5.41) is 0. The molecular formula is C53H102O6. The molecule has 0 aromatic rings. The summed E-state index contributed by atoms with van der Waals surface area (Å²) >= 11 is 0. The largest absolute Gasteiger partial charge is 0.462 e. The number of hydrogen-bond acceptors (Lipinski definition) is 6. The highest BCUT2D eigenvalue weighted by Gasteiger charge is 2.19. The van der Waals surface area contributed by atoms with Crippen molar-refractivity contribution in [2.45, 2.75) is 309 Å². The highest BCUT2D eigenvalue weighted by Crippen LogP contribution is 2.17. The van der Waals surface area contributed by atoms with Crippen molar-refractivity contribution in [2.24, 2.45) is 0 Å². The minimum absolute atomic E-state index is 0.0620. The van der Waals surface area contributed by atoms with Gasteiger partial charge < -0.3 is 14.2 Å². The van der Waals surface area contributed by atoms with Crippen LogP contribution in [0.1, 0.15) is 303 Å². The highest BCUT2D eigenvalue weighted by atomic mass is 16.6. The molecule has 0 spiro atoms. The molecule has 6 heteroatoms. The van der Waals surface area contributed by atoms with Gasteiger partial charge in [0.15, 0.2) is 6.10 Å². The summed E-state index contributed by atoms with van der Waals surface area (Å²) in [5.74, 6) is -0.843. The van der Waals surface area contributed by atoms with E-state index in [1.807, 2.05) is 0 Å². The lowest BCUT2D eigenvalue weighted by Crippen LogP contribution is -2.30. The monoisotopic (exact) mass is 835 g/mol. The van der Waals surface area contributed by atoms with E-state index in [-0.39, 0.29) is 31.1 Å². The Hall–Kier alpha value is -1.59. The quantitative estimate of drug-likeness (QED) is 0.0345.